The summed E-state index contributed by atoms with van der Waals surface area (Å²) < 4.78 is 0. The number of benzene rings is 1. The van der Waals surface area contributed by atoms with Crippen molar-refractivity contribution in [2.75, 3.05) is 12.0 Å². The Bertz CT molecular complexity index is 375. The Morgan fingerprint density at radius 1 is 1.38 bits per heavy atom. The van der Waals surface area contributed by atoms with Crippen molar-refractivity contribution in [3.05, 3.63) is 41.4 Å². The molecular weight excluding hydrogens is 242 g/mol. The average molecular weight is 256 g/mol. The van der Waals surface area contributed by atoms with Crippen molar-refractivity contribution in [1.82, 2.24) is 10.7 Å². The Morgan fingerprint density at radius 3 is 2.56 bits per heavy atom. The molecule has 86 valence electrons. The second-order valence-electron chi connectivity index (χ2n) is 3.40. The summed E-state index contributed by atoms with van der Waals surface area (Å²) in [6.45, 7) is 6.36. The van der Waals surface area contributed by atoms with E-state index in [0.29, 0.717) is 16.7 Å². The first kappa shape index (κ1) is 12.8. The van der Waals surface area contributed by atoms with Gasteiger partial charge in [-0.05, 0) is 43.4 Å². The molecule has 0 fully saturated rings. The molecule has 0 aromatic heterocycles. The highest BCUT2D eigenvalue weighted by Gasteiger charge is 1.95. The Hall–Kier alpha value is -1.26. The molecule has 0 spiro atoms. The summed E-state index contributed by atoms with van der Waals surface area (Å²) in [5.74, 6) is 0. The predicted molar refractivity (Wildman–Crippen MR) is 73.6 cm³/mol. The normalized spacial score (nSPS) is 9.38. The lowest BCUT2D eigenvalue weighted by atomic mass is 10.3. The quantitative estimate of drug-likeness (QED) is 0.439. The standard InChI is InChI=1S/C11H14ClN3S/c1-8(2)7-13-11(16)15-14-10-5-3-9(12)4-6-10/h3-6,14H,1,7H2,2H3,(H2,13,15,16). The number of hydrogen-bond acceptors (Lipinski definition) is 2. The van der Waals surface area contributed by atoms with Crippen molar-refractivity contribution in [3.8, 4) is 0 Å². The van der Waals surface area contributed by atoms with Gasteiger partial charge in [0.1, 0.15) is 0 Å². The summed E-state index contributed by atoms with van der Waals surface area (Å²) in [6, 6.07) is 7.32. The molecule has 0 atom stereocenters. The minimum atomic E-state index is 0.526. The fourth-order valence-corrected chi connectivity index (χ4v) is 1.19. The van der Waals surface area contributed by atoms with E-state index < -0.39 is 0 Å². The summed E-state index contributed by atoms with van der Waals surface area (Å²) in [4.78, 5) is 0. The summed E-state index contributed by atoms with van der Waals surface area (Å²) in [5.41, 5.74) is 7.73. The van der Waals surface area contributed by atoms with Gasteiger partial charge in [0.05, 0.1) is 5.69 Å². The molecule has 1 aromatic carbocycles. The van der Waals surface area contributed by atoms with Gasteiger partial charge < -0.3 is 5.32 Å². The Kier molecular flexibility index (Phi) is 5.08. The lowest BCUT2D eigenvalue weighted by molar-refractivity contribution is 0.944. The zero-order valence-electron chi connectivity index (χ0n) is 9.01. The molecule has 0 aliphatic rings. The molecule has 0 aliphatic carbocycles. The summed E-state index contributed by atoms with van der Waals surface area (Å²) in [6.07, 6.45) is 0. The monoisotopic (exact) mass is 255 g/mol. The van der Waals surface area contributed by atoms with Crippen LogP contribution in [-0.4, -0.2) is 11.7 Å². The number of rotatable bonds is 4. The highest BCUT2D eigenvalue weighted by molar-refractivity contribution is 7.80. The van der Waals surface area contributed by atoms with E-state index in [2.05, 4.69) is 22.7 Å². The lowest BCUT2D eigenvalue weighted by Gasteiger charge is -2.12. The van der Waals surface area contributed by atoms with Crippen LogP contribution in [0.5, 0.6) is 0 Å². The molecule has 0 aliphatic heterocycles. The molecule has 3 nitrogen and oxygen atoms in total. The van der Waals surface area contributed by atoms with Crippen LogP contribution in [-0.2, 0) is 0 Å². The molecule has 0 radical (unpaired) electrons. The fourth-order valence-electron chi connectivity index (χ4n) is 0.938. The highest BCUT2D eigenvalue weighted by Crippen LogP contribution is 2.12. The summed E-state index contributed by atoms with van der Waals surface area (Å²) in [7, 11) is 0. The topological polar surface area (TPSA) is 36.1 Å². The van der Waals surface area contributed by atoms with Crippen molar-refractivity contribution in [1.29, 1.82) is 0 Å². The molecular formula is C11H14ClN3S. The first-order valence-corrected chi connectivity index (χ1v) is 5.56. The van der Waals surface area contributed by atoms with Gasteiger partial charge in [0, 0.05) is 11.6 Å². The van der Waals surface area contributed by atoms with Gasteiger partial charge in [0.15, 0.2) is 5.11 Å². The number of halogens is 1. The van der Waals surface area contributed by atoms with Crippen molar-refractivity contribution in [3.63, 3.8) is 0 Å². The summed E-state index contributed by atoms with van der Waals surface area (Å²) in [5, 5.41) is 4.22. The van der Waals surface area contributed by atoms with E-state index >= 15 is 0 Å². The maximum Gasteiger partial charge on any atom is 0.185 e. The molecule has 1 rings (SSSR count). The Balaban J connectivity index is 2.31. The maximum atomic E-state index is 5.76. The average Bonchev–Trinajstić information content (AvgIpc) is 2.25. The Labute approximate surface area is 106 Å². The zero-order chi connectivity index (χ0) is 12.0. The summed E-state index contributed by atoms with van der Waals surface area (Å²) >= 11 is 10.8. The molecule has 1 aromatic rings. The molecule has 0 heterocycles. The van der Waals surface area contributed by atoms with Crippen LogP contribution in [0.2, 0.25) is 5.02 Å². The SMILES string of the molecule is C=C(C)CNC(=S)NNc1ccc(Cl)cc1. The van der Waals surface area contributed by atoms with Gasteiger partial charge in [-0.1, -0.05) is 23.8 Å². The van der Waals surface area contributed by atoms with Gasteiger partial charge in [-0.25, -0.2) is 0 Å². The second-order valence-corrected chi connectivity index (χ2v) is 4.24. The molecule has 0 unspecified atom stereocenters. The van der Waals surface area contributed by atoms with Crippen LogP contribution in [0.25, 0.3) is 0 Å². The molecule has 0 bridgehead atoms. The molecule has 0 saturated heterocycles. The maximum absolute atomic E-state index is 5.76. The first-order valence-electron chi connectivity index (χ1n) is 4.78. The third-order valence-electron chi connectivity index (χ3n) is 1.72. The van der Waals surface area contributed by atoms with E-state index in [-0.39, 0.29) is 0 Å². The number of nitrogens with one attached hydrogen (secondary N) is 3. The number of hydrogen-bond donors (Lipinski definition) is 3. The number of hydrazine groups is 1. The molecule has 16 heavy (non-hydrogen) atoms. The minimum Gasteiger partial charge on any atom is -0.358 e. The van der Waals surface area contributed by atoms with E-state index in [0.717, 1.165) is 11.3 Å². The molecule has 0 amide bonds. The fraction of sp³-hybridized carbons (Fsp3) is 0.182. The van der Waals surface area contributed by atoms with Crippen LogP contribution in [0, 0.1) is 0 Å². The van der Waals surface area contributed by atoms with E-state index in [1.165, 1.54) is 0 Å². The van der Waals surface area contributed by atoms with E-state index in [9.17, 15) is 0 Å². The predicted octanol–water partition coefficient (Wildman–Crippen LogP) is 2.71. The van der Waals surface area contributed by atoms with Gasteiger partial charge in [-0.2, -0.15) is 0 Å². The Morgan fingerprint density at radius 2 is 2.00 bits per heavy atom. The van der Waals surface area contributed by atoms with Crippen molar-refractivity contribution < 1.29 is 0 Å². The van der Waals surface area contributed by atoms with Crippen molar-refractivity contribution in [2.24, 2.45) is 0 Å². The number of anilines is 1. The van der Waals surface area contributed by atoms with Crippen molar-refractivity contribution in [2.45, 2.75) is 6.92 Å². The zero-order valence-corrected chi connectivity index (χ0v) is 10.6. The highest BCUT2D eigenvalue weighted by atomic mass is 35.5. The third kappa shape index (κ3) is 5.00. The van der Waals surface area contributed by atoms with E-state index in [1.807, 2.05) is 19.1 Å². The van der Waals surface area contributed by atoms with Gasteiger partial charge >= 0.3 is 0 Å². The molecule has 5 heteroatoms. The van der Waals surface area contributed by atoms with Gasteiger partial charge in [0.25, 0.3) is 0 Å². The first-order chi connectivity index (χ1) is 7.58. The van der Waals surface area contributed by atoms with E-state index in [1.54, 1.807) is 12.1 Å². The van der Waals surface area contributed by atoms with Crippen LogP contribution in [0.15, 0.2) is 36.4 Å². The van der Waals surface area contributed by atoms with E-state index in [4.69, 9.17) is 23.8 Å². The largest absolute Gasteiger partial charge is 0.358 e. The van der Waals surface area contributed by atoms with Crippen LogP contribution < -0.4 is 16.2 Å². The van der Waals surface area contributed by atoms with Gasteiger partial charge in [-0.15, -0.1) is 0 Å². The van der Waals surface area contributed by atoms with Gasteiger partial charge in [-0.3, -0.25) is 10.9 Å². The molecule has 0 saturated carbocycles. The van der Waals surface area contributed by atoms with Crippen LogP contribution in [0.3, 0.4) is 0 Å². The van der Waals surface area contributed by atoms with Crippen molar-refractivity contribution >= 4 is 34.6 Å². The lowest BCUT2D eigenvalue weighted by Crippen LogP contribution is -2.39. The molecule has 3 N–H and O–H groups in total. The minimum absolute atomic E-state index is 0.526. The van der Waals surface area contributed by atoms with Crippen LogP contribution >= 0.6 is 23.8 Å². The van der Waals surface area contributed by atoms with Gasteiger partial charge in [0.2, 0.25) is 0 Å². The van der Waals surface area contributed by atoms with Crippen LogP contribution in [0.1, 0.15) is 6.92 Å². The smallest absolute Gasteiger partial charge is 0.185 e. The second kappa shape index (κ2) is 6.35. The number of thiocarbonyl (C=S) groups is 1. The third-order valence-corrected chi connectivity index (χ3v) is 2.21. The van der Waals surface area contributed by atoms with Crippen LogP contribution in [0.4, 0.5) is 5.69 Å².